The van der Waals surface area contributed by atoms with Crippen molar-refractivity contribution < 1.29 is 13.9 Å². The van der Waals surface area contributed by atoms with Crippen molar-refractivity contribution in [2.24, 2.45) is 5.92 Å². The van der Waals surface area contributed by atoms with Gasteiger partial charge in [0.25, 0.3) is 0 Å². The first kappa shape index (κ1) is 17.1. The Hall–Kier alpha value is -1.72. The summed E-state index contributed by atoms with van der Waals surface area (Å²) in [5.74, 6) is 0.325. The first-order chi connectivity index (χ1) is 11.7. The minimum atomic E-state index is -0.263. The lowest BCUT2D eigenvalue weighted by molar-refractivity contribution is -0.127. The fourth-order valence-corrected chi connectivity index (χ4v) is 3.41. The van der Waals surface area contributed by atoms with Gasteiger partial charge in [-0.2, -0.15) is 0 Å². The van der Waals surface area contributed by atoms with Crippen molar-refractivity contribution in [2.45, 2.75) is 12.8 Å². The van der Waals surface area contributed by atoms with Crippen molar-refractivity contribution in [3.63, 3.8) is 0 Å². The molecule has 2 fully saturated rings. The topological polar surface area (TPSA) is 32.8 Å². The molecule has 2 aliphatic rings. The molecule has 0 aromatic heterocycles. The number of hydrogen-bond donors (Lipinski definition) is 0. The highest BCUT2D eigenvalue weighted by Crippen LogP contribution is 2.19. The Kier molecular flexibility index (Phi) is 5.99. The highest BCUT2D eigenvalue weighted by molar-refractivity contribution is 5.91. The number of rotatable bonds is 4. The summed E-state index contributed by atoms with van der Waals surface area (Å²) in [7, 11) is 0. The molecule has 0 saturated carbocycles. The van der Waals surface area contributed by atoms with Crippen LogP contribution in [0, 0.1) is 11.7 Å². The molecule has 1 aromatic carbocycles. The van der Waals surface area contributed by atoms with Crippen LogP contribution in [0.15, 0.2) is 30.3 Å². The number of benzene rings is 1. The van der Waals surface area contributed by atoms with E-state index in [1.165, 1.54) is 18.6 Å². The van der Waals surface area contributed by atoms with Gasteiger partial charge in [0.2, 0.25) is 5.91 Å². The largest absolute Gasteiger partial charge is 0.379 e. The van der Waals surface area contributed by atoms with Crippen molar-refractivity contribution in [1.82, 2.24) is 9.80 Å². The second-order valence-electron chi connectivity index (χ2n) is 6.59. The van der Waals surface area contributed by atoms with Gasteiger partial charge in [-0.05, 0) is 42.5 Å². The van der Waals surface area contributed by atoms with E-state index in [1.54, 1.807) is 24.3 Å². The van der Waals surface area contributed by atoms with E-state index < -0.39 is 0 Å². The Morgan fingerprint density at radius 3 is 2.71 bits per heavy atom. The smallest absolute Gasteiger partial charge is 0.246 e. The maximum absolute atomic E-state index is 12.9. The maximum Gasteiger partial charge on any atom is 0.246 e. The average Bonchev–Trinajstić information content (AvgIpc) is 2.62. The number of likely N-dealkylation sites (tertiary alicyclic amines) is 1. The molecule has 0 N–H and O–H groups in total. The maximum atomic E-state index is 12.9. The molecule has 130 valence electrons. The number of halogens is 1. The molecule has 4 nitrogen and oxygen atoms in total. The molecular weight excluding hydrogens is 307 g/mol. The van der Waals surface area contributed by atoms with Crippen LogP contribution in [0.4, 0.5) is 4.39 Å². The van der Waals surface area contributed by atoms with Crippen LogP contribution >= 0.6 is 0 Å². The molecule has 0 bridgehead atoms. The number of ether oxygens (including phenoxy) is 1. The van der Waals surface area contributed by atoms with Crippen LogP contribution in [0.25, 0.3) is 6.08 Å². The fraction of sp³-hybridized carbons (Fsp3) is 0.526. The minimum Gasteiger partial charge on any atom is -0.379 e. The van der Waals surface area contributed by atoms with Crippen molar-refractivity contribution in [3.05, 3.63) is 41.7 Å². The Bertz CT molecular complexity index is 567. The second-order valence-corrected chi connectivity index (χ2v) is 6.59. The number of hydrogen-bond acceptors (Lipinski definition) is 3. The van der Waals surface area contributed by atoms with E-state index in [0.29, 0.717) is 5.92 Å². The summed E-state index contributed by atoms with van der Waals surface area (Å²) < 4.78 is 18.3. The quantitative estimate of drug-likeness (QED) is 0.794. The Balaban J connectivity index is 1.51. The molecule has 2 heterocycles. The zero-order valence-electron chi connectivity index (χ0n) is 14.0. The minimum absolute atomic E-state index is 0.0472. The molecular formula is C19H25FN2O2. The van der Waals surface area contributed by atoms with Gasteiger partial charge in [-0.15, -0.1) is 0 Å². The van der Waals surface area contributed by atoms with Crippen molar-refractivity contribution in [3.8, 4) is 0 Å². The fourth-order valence-electron chi connectivity index (χ4n) is 3.41. The molecule has 2 saturated heterocycles. The summed E-state index contributed by atoms with van der Waals surface area (Å²) in [6.45, 7) is 6.32. The lowest BCUT2D eigenvalue weighted by atomic mass is 9.97. The summed E-state index contributed by atoms with van der Waals surface area (Å²) in [4.78, 5) is 16.8. The molecule has 0 radical (unpaired) electrons. The molecule has 1 atom stereocenters. The monoisotopic (exact) mass is 332 g/mol. The van der Waals surface area contributed by atoms with E-state index in [4.69, 9.17) is 4.74 Å². The Morgan fingerprint density at radius 1 is 1.21 bits per heavy atom. The van der Waals surface area contributed by atoms with Crippen LogP contribution in [-0.4, -0.2) is 61.6 Å². The van der Waals surface area contributed by atoms with E-state index in [1.807, 2.05) is 4.90 Å². The molecule has 5 heteroatoms. The molecule has 0 aliphatic carbocycles. The van der Waals surface area contributed by atoms with Crippen molar-refractivity contribution in [2.75, 3.05) is 45.9 Å². The van der Waals surface area contributed by atoms with Gasteiger partial charge in [-0.3, -0.25) is 9.69 Å². The van der Waals surface area contributed by atoms with Gasteiger partial charge >= 0.3 is 0 Å². The van der Waals surface area contributed by atoms with E-state index in [-0.39, 0.29) is 11.7 Å². The van der Waals surface area contributed by atoms with E-state index in [9.17, 15) is 9.18 Å². The molecule has 1 amide bonds. The normalized spacial score (nSPS) is 22.9. The Morgan fingerprint density at radius 2 is 1.96 bits per heavy atom. The van der Waals surface area contributed by atoms with Gasteiger partial charge in [-0.25, -0.2) is 4.39 Å². The van der Waals surface area contributed by atoms with Crippen molar-refractivity contribution in [1.29, 1.82) is 0 Å². The van der Waals surface area contributed by atoms with Crippen LogP contribution < -0.4 is 0 Å². The predicted molar refractivity (Wildman–Crippen MR) is 92.0 cm³/mol. The molecule has 2 aliphatic heterocycles. The van der Waals surface area contributed by atoms with Gasteiger partial charge in [-0.1, -0.05) is 12.1 Å². The molecule has 24 heavy (non-hydrogen) atoms. The number of carbonyl (C=O) groups excluding carboxylic acids is 1. The summed E-state index contributed by atoms with van der Waals surface area (Å²) in [5, 5.41) is 0. The first-order valence-corrected chi connectivity index (χ1v) is 8.73. The zero-order valence-corrected chi connectivity index (χ0v) is 14.0. The van der Waals surface area contributed by atoms with Gasteiger partial charge in [0, 0.05) is 38.8 Å². The number of nitrogens with zero attached hydrogens (tertiary/aromatic N) is 2. The third-order valence-corrected chi connectivity index (χ3v) is 4.74. The lowest BCUT2D eigenvalue weighted by Crippen LogP contribution is -2.45. The van der Waals surface area contributed by atoms with Gasteiger partial charge in [0.15, 0.2) is 0 Å². The van der Waals surface area contributed by atoms with E-state index in [2.05, 4.69) is 4.90 Å². The number of amides is 1. The van der Waals surface area contributed by atoms with Crippen LogP contribution in [0.1, 0.15) is 18.4 Å². The van der Waals surface area contributed by atoms with Gasteiger partial charge < -0.3 is 9.64 Å². The predicted octanol–water partition coefficient (Wildman–Crippen LogP) is 2.41. The highest BCUT2D eigenvalue weighted by atomic mass is 19.1. The number of morpholine rings is 1. The highest BCUT2D eigenvalue weighted by Gasteiger charge is 2.24. The molecule has 1 unspecified atom stereocenters. The number of carbonyl (C=O) groups is 1. The lowest BCUT2D eigenvalue weighted by Gasteiger charge is -2.36. The SMILES string of the molecule is O=C(/C=C/c1ccc(F)cc1)N1CCCC(CN2CCOCC2)C1. The molecule has 0 spiro atoms. The summed E-state index contributed by atoms with van der Waals surface area (Å²) in [6, 6.07) is 6.17. The van der Waals surface area contributed by atoms with Crippen molar-refractivity contribution >= 4 is 12.0 Å². The third-order valence-electron chi connectivity index (χ3n) is 4.74. The van der Waals surface area contributed by atoms with Crippen LogP contribution in [0.5, 0.6) is 0 Å². The molecule has 3 rings (SSSR count). The van der Waals surface area contributed by atoms with Crippen LogP contribution in [0.2, 0.25) is 0 Å². The first-order valence-electron chi connectivity index (χ1n) is 8.73. The van der Waals surface area contributed by atoms with Gasteiger partial charge in [0.1, 0.15) is 5.82 Å². The summed E-state index contributed by atoms with van der Waals surface area (Å²) in [6.07, 6.45) is 5.60. The Labute approximate surface area is 142 Å². The van der Waals surface area contributed by atoms with Crippen LogP contribution in [-0.2, 0) is 9.53 Å². The van der Waals surface area contributed by atoms with Crippen LogP contribution in [0.3, 0.4) is 0 Å². The standard InChI is InChI=1S/C19H25FN2O2/c20-18-6-3-16(4-7-18)5-8-19(23)22-9-1-2-17(15-22)14-21-10-12-24-13-11-21/h3-8,17H,1-2,9-15H2/b8-5+. The second kappa shape index (κ2) is 8.40. The number of piperidine rings is 1. The summed E-state index contributed by atoms with van der Waals surface area (Å²) >= 11 is 0. The molecule has 1 aromatic rings. The zero-order chi connectivity index (χ0) is 16.8. The van der Waals surface area contributed by atoms with E-state index >= 15 is 0 Å². The average molecular weight is 332 g/mol. The van der Waals surface area contributed by atoms with Gasteiger partial charge in [0.05, 0.1) is 13.2 Å². The summed E-state index contributed by atoms with van der Waals surface area (Å²) in [5.41, 5.74) is 0.839. The van der Waals surface area contributed by atoms with E-state index in [0.717, 1.165) is 57.9 Å². The third kappa shape index (κ3) is 4.89.